The number of nitrogens with zero attached hydrogens (tertiary/aromatic N) is 1. The minimum atomic E-state index is -3.51. The van der Waals surface area contributed by atoms with Gasteiger partial charge < -0.3 is 5.32 Å². The van der Waals surface area contributed by atoms with Crippen molar-refractivity contribution in [3.63, 3.8) is 0 Å². The van der Waals surface area contributed by atoms with E-state index in [-0.39, 0.29) is 17.9 Å². The Kier molecular flexibility index (Phi) is 7.01. The highest BCUT2D eigenvalue weighted by atomic mass is 32.2. The van der Waals surface area contributed by atoms with Crippen LogP contribution in [0.25, 0.3) is 0 Å². The van der Waals surface area contributed by atoms with Crippen molar-refractivity contribution in [3.8, 4) is 0 Å². The van der Waals surface area contributed by atoms with Crippen LogP contribution in [-0.2, 0) is 27.7 Å². The van der Waals surface area contributed by atoms with Crippen LogP contribution in [0.15, 0.2) is 47.4 Å². The molecule has 0 radical (unpaired) electrons. The first-order valence-electron chi connectivity index (χ1n) is 11.9. The van der Waals surface area contributed by atoms with E-state index in [9.17, 15) is 13.2 Å². The van der Waals surface area contributed by atoms with Crippen LogP contribution in [0, 0.1) is 12.8 Å². The Morgan fingerprint density at radius 3 is 2.34 bits per heavy atom. The highest BCUT2D eigenvalue weighted by Crippen LogP contribution is 2.28. The molecule has 2 aliphatic rings. The van der Waals surface area contributed by atoms with Crippen LogP contribution in [0.5, 0.6) is 0 Å². The molecule has 4 rings (SSSR count). The molecule has 32 heavy (non-hydrogen) atoms. The van der Waals surface area contributed by atoms with Crippen molar-refractivity contribution in [2.24, 2.45) is 5.92 Å². The van der Waals surface area contributed by atoms with Gasteiger partial charge in [-0.1, -0.05) is 42.8 Å². The fourth-order valence-corrected chi connectivity index (χ4v) is 6.37. The van der Waals surface area contributed by atoms with Gasteiger partial charge in [0.05, 0.1) is 10.9 Å². The maximum atomic E-state index is 13.0. The van der Waals surface area contributed by atoms with Crippen LogP contribution in [0.1, 0.15) is 67.3 Å². The molecule has 1 fully saturated rings. The first-order chi connectivity index (χ1) is 15.4. The molecule has 1 N–H and O–H groups in total. The van der Waals surface area contributed by atoms with Gasteiger partial charge in [-0.05, 0) is 80.7 Å². The zero-order valence-electron chi connectivity index (χ0n) is 19.1. The zero-order valence-corrected chi connectivity index (χ0v) is 20.0. The van der Waals surface area contributed by atoms with Gasteiger partial charge in [0.25, 0.3) is 0 Å². The average molecular weight is 455 g/mol. The molecule has 1 saturated heterocycles. The average Bonchev–Trinajstić information content (AvgIpc) is 2.82. The van der Waals surface area contributed by atoms with Crippen LogP contribution in [0.2, 0.25) is 0 Å². The van der Waals surface area contributed by atoms with Crippen molar-refractivity contribution in [3.05, 3.63) is 64.7 Å². The largest absolute Gasteiger partial charge is 0.349 e. The maximum absolute atomic E-state index is 13.0. The van der Waals surface area contributed by atoms with Crippen molar-refractivity contribution < 1.29 is 13.2 Å². The molecule has 5 nitrogen and oxygen atoms in total. The van der Waals surface area contributed by atoms with E-state index < -0.39 is 10.0 Å². The highest BCUT2D eigenvalue weighted by Gasteiger charge is 2.32. The van der Waals surface area contributed by atoms with Gasteiger partial charge in [0, 0.05) is 19.0 Å². The summed E-state index contributed by atoms with van der Waals surface area (Å²) in [6.45, 7) is 4.79. The molecule has 1 atom stereocenters. The molecule has 0 spiro atoms. The third-order valence-electron chi connectivity index (χ3n) is 6.98. The van der Waals surface area contributed by atoms with Crippen molar-refractivity contribution in [2.45, 2.75) is 69.7 Å². The Morgan fingerprint density at radius 2 is 1.69 bits per heavy atom. The van der Waals surface area contributed by atoms with Gasteiger partial charge in [-0.3, -0.25) is 4.79 Å². The van der Waals surface area contributed by atoms with E-state index in [1.165, 1.54) is 33.8 Å². The summed E-state index contributed by atoms with van der Waals surface area (Å²) in [5, 5.41) is 3.24. The van der Waals surface area contributed by atoms with Crippen molar-refractivity contribution in [1.29, 1.82) is 0 Å². The van der Waals surface area contributed by atoms with E-state index in [1.807, 2.05) is 19.1 Å². The van der Waals surface area contributed by atoms with Crippen LogP contribution in [0.3, 0.4) is 0 Å². The summed E-state index contributed by atoms with van der Waals surface area (Å²) < 4.78 is 27.4. The summed E-state index contributed by atoms with van der Waals surface area (Å²) >= 11 is 0. The fourth-order valence-electron chi connectivity index (χ4n) is 4.90. The van der Waals surface area contributed by atoms with E-state index in [1.54, 1.807) is 12.1 Å². The Morgan fingerprint density at radius 1 is 1.03 bits per heavy atom. The Balaban J connectivity index is 1.37. The van der Waals surface area contributed by atoms with E-state index in [0.717, 1.165) is 24.8 Å². The number of carbonyl (C=O) groups excluding carboxylic acids is 1. The lowest BCUT2D eigenvalue weighted by Gasteiger charge is -2.31. The first-order valence-corrected chi connectivity index (χ1v) is 13.3. The summed E-state index contributed by atoms with van der Waals surface area (Å²) in [7, 11) is -3.51. The van der Waals surface area contributed by atoms with E-state index in [4.69, 9.17) is 0 Å². The van der Waals surface area contributed by atoms with E-state index in [2.05, 4.69) is 30.4 Å². The second-order valence-electron chi connectivity index (χ2n) is 9.20. The van der Waals surface area contributed by atoms with Crippen LogP contribution in [-0.4, -0.2) is 31.7 Å². The number of sulfonamides is 1. The number of hydrogen-bond donors (Lipinski definition) is 1. The molecular weight excluding hydrogens is 420 g/mol. The van der Waals surface area contributed by atoms with Gasteiger partial charge in [0.2, 0.25) is 15.9 Å². The van der Waals surface area contributed by atoms with Crippen molar-refractivity contribution in [1.82, 2.24) is 9.62 Å². The van der Waals surface area contributed by atoms with Gasteiger partial charge in [-0.2, -0.15) is 4.31 Å². The quantitative estimate of drug-likeness (QED) is 0.697. The lowest BCUT2D eigenvalue weighted by atomic mass is 9.88. The summed E-state index contributed by atoms with van der Waals surface area (Å²) in [6, 6.07) is 13.6. The topological polar surface area (TPSA) is 66.5 Å². The lowest BCUT2D eigenvalue weighted by Crippen LogP contribution is -2.43. The third-order valence-corrected chi connectivity index (χ3v) is 8.90. The summed E-state index contributed by atoms with van der Waals surface area (Å²) in [5.41, 5.74) is 5.09. The molecule has 6 heteroatoms. The maximum Gasteiger partial charge on any atom is 0.243 e. The Labute approximate surface area is 192 Å². The number of fused-ring (bicyclic) bond motifs is 1. The number of hydrogen-bond acceptors (Lipinski definition) is 3. The normalized spacial score (nSPS) is 18.7. The molecule has 172 valence electrons. The minimum absolute atomic E-state index is 0.00375. The predicted octanol–water partition coefficient (Wildman–Crippen LogP) is 4.54. The molecule has 2 aromatic carbocycles. The Hall–Kier alpha value is -2.18. The number of aryl methyl sites for hydroxylation is 3. The molecular formula is C26H34N2O3S. The molecule has 1 heterocycles. The Bertz CT molecular complexity index is 1050. The lowest BCUT2D eigenvalue weighted by molar-refractivity contribution is -0.126. The molecule has 1 aliphatic carbocycles. The predicted molar refractivity (Wildman–Crippen MR) is 127 cm³/mol. The third kappa shape index (κ3) is 4.91. The molecule has 0 unspecified atom stereocenters. The molecule has 2 aromatic rings. The van der Waals surface area contributed by atoms with Crippen LogP contribution >= 0.6 is 0 Å². The summed E-state index contributed by atoms with van der Waals surface area (Å²) in [6.07, 6.45) is 6.73. The van der Waals surface area contributed by atoms with Crippen molar-refractivity contribution >= 4 is 15.9 Å². The second-order valence-corrected chi connectivity index (χ2v) is 11.1. The highest BCUT2D eigenvalue weighted by molar-refractivity contribution is 7.89. The van der Waals surface area contributed by atoms with Crippen LogP contribution in [0.4, 0.5) is 0 Å². The second kappa shape index (κ2) is 9.75. The van der Waals surface area contributed by atoms with Gasteiger partial charge in [0.1, 0.15) is 0 Å². The van der Waals surface area contributed by atoms with Crippen molar-refractivity contribution in [2.75, 3.05) is 13.1 Å². The van der Waals surface area contributed by atoms with Gasteiger partial charge in [-0.15, -0.1) is 0 Å². The van der Waals surface area contributed by atoms with Gasteiger partial charge in [0.15, 0.2) is 0 Å². The number of rotatable bonds is 6. The molecule has 0 bridgehead atoms. The number of amides is 1. The number of piperidine rings is 1. The van der Waals surface area contributed by atoms with Crippen LogP contribution < -0.4 is 5.32 Å². The number of nitrogens with one attached hydrogen (secondary N) is 1. The minimum Gasteiger partial charge on any atom is -0.349 e. The molecule has 0 aromatic heterocycles. The molecule has 0 saturated carbocycles. The van der Waals surface area contributed by atoms with Gasteiger partial charge >= 0.3 is 0 Å². The number of benzene rings is 2. The van der Waals surface area contributed by atoms with E-state index in [0.29, 0.717) is 30.8 Å². The van der Waals surface area contributed by atoms with Gasteiger partial charge in [-0.25, -0.2) is 8.42 Å². The summed E-state index contributed by atoms with van der Waals surface area (Å²) in [5.74, 6) is -0.104. The zero-order chi connectivity index (χ0) is 22.7. The molecule has 1 amide bonds. The first kappa shape index (κ1) is 23.0. The fraction of sp³-hybridized carbons (Fsp3) is 0.500. The standard InChI is InChI=1S/C26H34N2O3S/c1-3-25(23-11-10-20-6-4-5-7-22(20)18-23)27-26(29)21-14-16-28(17-15-21)32(30,31)24-12-8-19(2)9-13-24/h8-13,18,21,25H,3-7,14-17H2,1-2H3,(H,27,29)/t25-/m0/s1. The smallest absolute Gasteiger partial charge is 0.243 e. The summed E-state index contributed by atoms with van der Waals surface area (Å²) in [4.78, 5) is 13.3. The monoisotopic (exact) mass is 454 g/mol. The van der Waals surface area contributed by atoms with E-state index >= 15 is 0 Å². The SMILES string of the molecule is CC[C@H](NC(=O)C1CCN(S(=O)(=O)c2ccc(C)cc2)CC1)c1ccc2c(c1)CCCC2. The molecule has 1 aliphatic heterocycles. The number of carbonyl (C=O) groups is 1.